The Morgan fingerprint density at radius 3 is 2.47 bits per heavy atom. The predicted molar refractivity (Wildman–Crippen MR) is 55.7 cm³/mol. The summed E-state index contributed by atoms with van der Waals surface area (Å²) < 4.78 is 27.2. The summed E-state index contributed by atoms with van der Waals surface area (Å²) in [5, 5.41) is 24.2. The van der Waals surface area contributed by atoms with Crippen molar-refractivity contribution in [3.63, 3.8) is 0 Å². The molecule has 0 aliphatic heterocycles. The molecule has 0 aliphatic rings. The van der Waals surface area contributed by atoms with Crippen LogP contribution in [0.3, 0.4) is 0 Å². The van der Waals surface area contributed by atoms with Gasteiger partial charge in [-0.1, -0.05) is 0 Å². The Bertz CT molecular complexity index is 617. The molecule has 0 saturated heterocycles. The Morgan fingerprint density at radius 1 is 1.53 bits per heavy atom. The minimum atomic E-state index is -4.20. The summed E-state index contributed by atoms with van der Waals surface area (Å²) in [5.41, 5.74) is -0.885. The largest absolute Gasteiger partial charge is 0.495 e. The van der Waals surface area contributed by atoms with Gasteiger partial charge in [-0.2, -0.15) is 5.26 Å². The Morgan fingerprint density at radius 2 is 2.12 bits per heavy atom. The molecule has 1 aromatic rings. The Balaban J connectivity index is 3.73. The molecule has 9 heteroatoms. The van der Waals surface area contributed by atoms with E-state index in [1.807, 2.05) is 0 Å². The lowest BCUT2D eigenvalue weighted by Crippen LogP contribution is -2.15. The highest BCUT2D eigenvalue weighted by molar-refractivity contribution is 7.89. The molecule has 0 radical (unpaired) electrons. The molecule has 0 spiro atoms. The summed E-state index contributed by atoms with van der Waals surface area (Å²) >= 11 is 0. The maximum Gasteiger partial charge on any atom is 0.274 e. The van der Waals surface area contributed by atoms with Crippen LogP contribution in [0, 0.1) is 21.4 Å². The first-order chi connectivity index (χ1) is 7.81. The van der Waals surface area contributed by atoms with Crippen LogP contribution < -0.4 is 9.88 Å². The third-order valence-electron chi connectivity index (χ3n) is 1.88. The number of rotatable bonds is 3. The van der Waals surface area contributed by atoms with Gasteiger partial charge in [0.2, 0.25) is 10.0 Å². The molecule has 0 bridgehead atoms. The van der Waals surface area contributed by atoms with Crippen LogP contribution in [0.2, 0.25) is 0 Å². The molecule has 0 aliphatic carbocycles. The van der Waals surface area contributed by atoms with Crippen LogP contribution in [0.5, 0.6) is 5.75 Å². The van der Waals surface area contributed by atoms with Crippen LogP contribution in [0.4, 0.5) is 5.69 Å². The summed E-state index contributed by atoms with van der Waals surface area (Å²) in [6.45, 7) is 0. The van der Waals surface area contributed by atoms with Gasteiger partial charge in [-0.15, -0.1) is 0 Å². The van der Waals surface area contributed by atoms with Crippen molar-refractivity contribution < 1.29 is 18.1 Å². The predicted octanol–water partition coefficient (Wildman–Crippen LogP) is 0.122. The molecule has 2 N–H and O–H groups in total. The first-order valence-electron chi connectivity index (χ1n) is 4.10. The number of primary sulfonamides is 1. The van der Waals surface area contributed by atoms with Crippen LogP contribution in [0.1, 0.15) is 5.56 Å². The van der Waals surface area contributed by atoms with Crippen molar-refractivity contribution in [3.05, 3.63) is 27.8 Å². The van der Waals surface area contributed by atoms with Crippen LogP contribution in [0.25, 0.3) is 0 Å². The zero-order valence-electron chi connectivity index (χ0n) is 8.58. The van der Waals surface area contributed by atoms with Gasteiger partial charge in [0, 0.05) is 6.07 Å². The SMILES string of the molecule is COc1cc([N+](=O)[O-])cc(C#N)c1S(N)(=O)=O. The number of ether oxygens (including phenoxy) is 1. The van der Waals surface area contributed by atoms with Crippen LogP contribution in [0.15, 0.2) is 17.0 Å². The first-order valence-corrected chi connectivity index (χ1v) is 5.65. The number of nitrogens with zero attached hydrogens (tertiary/aromatic N) is 2. The van der Waals surface area contributed by atoms with Crippen LogP contribution in [-0.4, -0.2) is 20.5 Å². The Hall–Kier alpha value is -2.18. The molecular formula is C8H7N3O5S. The highest BCUT2D eigenvalue weighted by Gasteiger charge is 2.24. The topological polar surface area (TPSA) is 136 Å². The van der Waals surface area contributed by atoms with E-state index in [4.69, 9.17) is 15.1 Å². The van der Waals surface area contributed by atoms with Crippen molar-refractivity contribution in [2.24, 2.45) is 5.14 Å². The van der Waals surface area contributed by atoms with Gasteiger partial charge in [0.05, 0.1) is 23.7 Å². The van der Waals surface area contributed by atoms with Gasteiger partial charge >= 0.3 is 0 Å². The lowest BCUT2D eigenvalue weighted by atomic mass is 10.2. The first kappa shape index (κ1) is 12.9. The second-order valence-electron chi connectivity index (χ2n) is 2.94. The molecule has 1 aromatic carbocycles. The standard InChI is InChI=1S/C8H7N3O5S/c1-16-7-3-6(11(12)13)2-5(4-9)8(7)17(10,14)15/h2-3H,1H3,(H2,10,14,15). The summed E-state index contributed by atoms with van der Waals surface area (Å²) in [6, 6.07) is 3.24. The molecule has 1 rings (SSSR count). The highest BCUT2D eigenvalue weighted by atomic mass is 32.2. The maximum absolute atomic E-state index is 11.3. The monoisotopic (exact) mass is 257 g/mol. The number of hydrogen-bond acceptors (Lipinski definition) is 6. The number of nitriles is 1. The number of hydrogen-bond donors (Lipinski definition) is 1. The molecule has 0 amide bonds. The van der Waals surface area contributed by atoms with E-state index in [-0.39, 0.29) is 5.75 Å². The minimum Gasteiger partial charge on any atom is -0.495 e. The molecule has 0 saturated carbocycles. The Labute approximate surface area is 96.4 Å². The summed E-state index contributed by atoms with van der Waals surface area (Å²) in [4.78, 5) is 9.23. The van der Waals surface area contributed by atoms with Crippen molar-refractivity contribution in [3.8, 4) is 11.8 Å². The molecule has 0 fully saturated rings. The maximum atomic E-state index is 11.3. The number of benzene rings is 1. The molecule has 90 valence electrons. The van der Waals surface area contributed by atoms with E-state index in [1.54, 1.807) is 0 Å². The Kier molecular flexibility index (Phi) is 3.31. The smallest absolute Gasteiger partial charge is 0.274 e. The lowest BCUT2D eigenvalue weighted by Gasteiger charge is -2.07. The highest BCUT2D eigenvalue weighted by Crippen LogP contribution is 2.31. The van der Waals surface area contributed by atoms with Crippen molar-refractivity contribution in [2.45, 2.75) is 4.90 Å². The quantitative estimate of drug-likeness (QED) is 0.603. The fourth-order valence-electron chi connectivity index (χ4n) is 1.22. The van der Waals surface area contributed by atoms with Crippen molar-refractivity contribution in [1.29, 1.82) is 5.26 Å². The van der Waals surface area contributed by atoms with Crippen LogP contribution in [-0.2, 0) is 10.0 Å². The molecule has 17 heavy (non-hydrogen) atoms. The van der Waals surface area contributed by atoms with E-state index in [1.165, 1.54) is 6.07 Å². The van der Waals surface area contributed by atoms with Crippen molar-refractivity contribution >= 4 is 15.7 Å². The van der Waals surface area contributed by atoms with Gasteiger partial charge in [-0.05, 0) is 0 Å². The van der Waals surface area contributed by atoms with Gasteiger partial charge in [0.25, 0.3) is 5.69 Å². The van der Waals surface area contributed by atoms with Crippen molar-refractivity contribution in [1.82, 2.24) is 0 Å². The number of nitro groups is 1. The van der Waals surface area contributed by atoms with Gasteiger partial charge in [0.15, 0.2) is 0 Å². The molecule has 0 atom stereocenters. The zero-order chi connectivity index (χ0) is 13.2. The fraction of sp³-hybridized carbons (Fsp3) is 0.125. The number of nitrogens with two attached hydrogens (primary N) is 1. The molecule has 0 unspecified atom stereocenters. The van der Waals surface area contributed by atoms with E-state index in [9.17, 15) is 18.5 Å². The molecule has 0 heterocycles. The van der Waals surface area contributed by atoms with Crippen LogP contribution >= 0.6 is 0 Å². The number of sulfonamides is 1. The average molecular weight is 257 g/mol. The van der Waals surface area contributed by atoms with Gasteiger partial charge in [-0.3, -0.25) is 10.1 Å². The second kappa shape index (κ2) is 4.36. The van der Waals surface area contributed by atoms with E-state index >= 15 is 0 Å². The van der Waals surface area contributed by atoms with E-state index < -0.39 is 31.1 Å². The van der Waals surface area contributed by atoms with Gasteiger partial charge in [-0.25, -0.2) is 13.6 Å². The fourth-order valence-corrected chi connectivity index (χ4v) is 2.06. The van der Waals surface area contributed by atoms with E-state index in [0.717, 1.165) is 19.2 Å². The summed E-state index contributed by atoms with van der Waals surface area (Å²) in [6.07, 6.45) is 0. The lowest BCUT2D eigenvalue weighted by molar-refractivity contribution is -0.385. The summed E-state index contributed by atoms with van der Waals surface area (Å²) in [7, 11) is -3.08. The van der Waals surface area contributed by atoms with Crippen molar-refractivity contribution in [2.75, 3.05) is 7.11 Å². The minimum absolute atomic E-state index is 0.335. The normalized spacial score (nSPS) is 10.6. The average Bonchev–Trinajstić information content (AvgIpc) is 2.25. The van der Waals surface area contributed by atoms with E-state index in [2.05, 4.69) is 0 Å². The van der Waals surface area contributed by atoms with Gasteiger partial charge < -0.3 is 4.74 Å². The third kappa shape index (κ3) is 2.49. The van der Waals surface area contributed by atoms with E-state index in [0.29, 0.717) is 0 Å². The number of nitro benzene ring substituents is 1. The molecular weight excluding hydrogens is 250 g/mol. The number of non-ortho nitro benzene ring substituents is 1. The second-order valence-corrected chi connectivity index (χ2v) is 4.44. The number of methoxy groups -OCH3 is 1. The van der Waals surface area contributed by atoms with Gasteiger partial charge in [0.1, 0.15) is 16.7 Å². The third-order valence-corrected chi connectivity index (χ3v) is 2.87. The summed E-state index contributed by atoms with van der Waals surface area (Å²) in [5.74, 6) is -0.335. The molecule has 0 aromatic heterocycles. The molecule has 8 nitrogen and oxygen atoms in total. The zero-order valence-corrected chi connectivity index (χ0v) is 9.39.